The normalized spacial score (nSPS) is 38.2. The molecule has 1 saturated heterocycles. The molecule has 2 rings (SSSR count). The number of hydrogen-bond acceptors (Lipinski definition) is 5. The molecule has 18 heavy (non-hydrogen) atoms. The number of ether oxygens (including phenoxy) is 1. The van der Waals surface area contributed by atoms with Crippen LogP contribution in [0.3, 0.4) is 0 Å². The maximum atomic E-state index is 9.98. The molecule has 1 aliphatic heterocycles. The van der Waals surface area contributed by atoms with E-state index in [9.17, 15) is 5.11 Å². The first kappa shape index (κ1) is 14.2. The standard InChI is InChI=1S/C13H26N2O3/c1-14-12-10(18-11(8-16)13(12)17)7-15-9-5-3-2-4-6-9/h9-17H,2-8H2,1H3/t10-,11+,12+,13-/m1/s1. The van der Waals surface area contributed by atoms with Crippen molar-refractivity contribution in [2.24, 2.45) is 0 Å². The third-order valence-electron chi connectivity index (χ3n) is 4.23. The van der Waals surface area contributed by atoms with E-state index in [0.29, 0.717) is 6.04 Å². The van der Waals surface area contributed by atoms with Crippen molar-refractivity contribution in [1.82, 2.24) is 10.6 Å². The number of aliphatic hydroxyl groups excluding tert-OH is 2. The summed E-state index contributed by atoms with van der Waals surface area (Å²) in [6.45, 7) is 0.614. The molecule has 0 aromatic heterocycles. The van der Waals surface area contributed by atoms with Gasteiger partial charge in [-0.05, 0) is 19.9 Å². The summed E-state index contributed by atoms with van der Waals surface area (Å²) in [6.07, 6.45) is 5.29. The van der Waals surface area contributed by atoms with Gasteiger partial charge in [-0.3, -0.25) is 0 Å². The van der Waals surface area contributed by atoms with Crippen LogP contribution in [0.2, 0.25) is 0 Å². The minimum absolute atomic E-state index is 0.0657. The molecule has 2 fully saturated rings. The first-order valence-electron chi connectivity index (χ1n) is 7.11. The first-order chi connectivity index (χ1) is 8.76. The average Bonchev–Trinajstić information content (AvgIpc) is 2.73. The van der Waals surface area contributed by atoms with E-state index in [1.54, 1.807) is 0 Å². The maximum absolute atomic E-state index is 9.98. The SMILES string of the molecule is CN[C@@H]1[C@H](O)[C@H](CO)O[C@@H]1CNC1CCCCC1. The Morgan fingerprint density at radius 1 is 1.17 bits per heavy atom. The zero-order valence-corrected chi connectivity index (χ0v) is 11.1. The summed E-state index contributed by atoms with van der Waals surface area (Å²) < 4.78 is 5.69. The lowest BCUT2D eigenvalue weighted by Crippen LogP contribution is -2.48. The van der Waals surface area contributed by atoms with Gasteiger partial charge >= 0.3 is 0 Å². The lowest BCUT2D eigenvalue weighted by molar-refractivity contribution is -0.0219. The van der Waals surface area contributed by atoms with Crippen LogP contribution in [0.1, 0.15) is 32.1 Å². The molecule has 0 aromatic carbocycles. The van der Waals surface area contributed by atoms with Crippen LogP contribution in [0.5, 0.6) is 0 Å². The topological polar surface area (TPSA) is 73.8 Å². The van der Waals surface area contributed by atoms with Crippen molar-refractivity contribution in [3.8, 4) is 0 Å². The van der Waals surface area contributed by atoms with Crippen molar-refractivity contribution >= 4 is 0 Å². The van der Waals surface area contributed by atoms with Gasteiger partial charge < -0.3 is 25.6 Å². The summed E-state index contributed by atoms with van der Waals surface area (Å²) in [7, 11) is 1.82. The molecule has 0 spiro atoms. The zero-order chi connectivity index (χ0) is 13.0. The fraction of sp³-hybridized carbons (Fsp3) is 1.00. The highest BCUT2D eigenvalue weighted by Crippen LogP contribution is 2.22. The summed E-state index contributed by atoms with van der Waals surface area (Å²) in [6, 6.07) is 0.489. The molecule has 1 saturated carbocycles. The lowest BCUT2D eigenvalue weighted by Gasteiger charge is -2.26. The molecule has 4 atom stereocenters. The second-order valence-corrected chi connectivity index (χ2v) is 5.44. The number of likely N-dealkylation sites (N-methyl/N-ethyl adjacent to an activating group) is 1. The van der Waals surface area contributed by atoms with Crippen LogP contribution < -0.4 is 10.6 Å². The molecule has 106 valence electrons. The van der Waals surface area contributed by atoms with E-state index in [1.165, 1.54) is 32.1 Å². The Hall–Kier alpha value is -0.200. The molecule has 1 aliphatic carbocycles. The average molecular weight is 258 g/mol. The summed E-state index contributed by atoms with van der Waals surface area (Å²) in [4.78, 5) is 0. The van der Waals surface area contributed by atoms with E-state index in [0.717, 1.165) is 6.54 Å². The minimum atomic E-state index is -0.627. The van der Waals surface area contributed by atoms with Crippen molar-refractivity contribution in [3.63, 3.8) is 0 Å². The summed E-state index contributed by atoms with van der Waals surface area (Å²) in [5, 5.41) is 25.8. The maximum Gasteiger partial charge on any atom is 0.108 e. The molecule has 4 N–H and O–H groups in total. The first-order valence-corrected chi connectivity index (χ1v) is 7.11. The van der Waals surface area contributed by atoms with E-state index in [2.05, 4.69) is 10.6 Å². The molecule has 5 nitrogen and oxygen atoms in total. The van der Waals surface area contributed by atoms with Crippen LogP contribution in [-0.4, -0.2) is 60.8 Å². The fourth-order valence-corrected chi connectivity index (χ4v) is 3.11. The van der Waals surface area contributed by atoms with E-state index >= 15 is 0 Å². The van der Waals surface area contributed by atoms with Crippen LogP contribution in [0.15, 0.2) is 0 Å². The van der Waals surface area contributed by atoms with Gasteiger partial charge in [-0.15, -0.1) is 0 Å². The Kier molecular flexibility index (Phi) is 5.38. The number of aliphatic hydroxyl groups is 2. The summed E-state index contributed by atoms with van der Waals surface area (Å²) in [5.74, 6) is 0. The second kappa shape index (κ2) is 6.82. The van der Waals surface area contributed by atoms with Crippen LogP contribution in [0.25, 0.3) is 0 Å². The van der Waals surface area contributed by atoms with Crippen LogP contribution in [-0.2, 0) is 4.74 Å². The van der Waals surface area contributed by atoms with Crippen LogP contribution in [0, 0.1) is 0 Å². The van der Waals surface area contributed by atoms with Gasteiger partial charge in [-0.25, -0.2) is 0 Å². The number of nitrogens with one attached hydrogen (secondary N) is 2. The predicted octanol–water partition coefficient (Wildman–Crippen LogP) is -0.383. The summed E-state index contributed by atoms with van der Waals surface area (Å²) >= 11 is 0. The molecule has 2 aliphatic rings. The van der Waals surface area contributed by atoms with E-state index in [1.807, 2.05) is 7.05 Å². The van der Waals surface area contributed by atoms with E-state index < -0.39 is 12.2 Å². The van der Waals surface area contributed by atoms with Gasteiger partial charge in [-0.1, -0.05) is 19.3 Å². The van der Waals surface area contributed by atoms with Crippen molar-refractivity contribution in [2.75, 3.05) is 20.2 Å². The van der Waals surface area contributed by atoms with Gasteiger partial charge in [0, 0.05) is 12.6 Å². The molecule has 0 unspecified atom stereocenters. The van der Waals surface area contributed by atoms with Crippen molar-refractivity contribution in [2.45, 2.75) is 62.5 Å². The quantitative estimate of drug-likeness (QED) is 0.541. The molecule has 1 heterocycles. The minimum Gasteiger partial charge on any atom is -0.394 e. The highest BCUT2D eigenvalue weighted by Gasteiger charge is 2.42. The van der Waals surface area contributed by atoms with Gasteiger partial charge in [0.05, 0.1) is 18.8 Å². The Balaban J connectivity index is 1.80. The second-order valence-electron chi connectivity index (χ2n) is 5.44. The molecule has 0 radical (unpaired) electrons. The highest BCUT2D eigenvalue weighted by molar-refractivity contribution is 4.96. The fourth-order valence-electron chi connectivity index (χ4n) is 3.11. The van der Waals surface area contributed by atoms with Gasteiger partial charge in [0.15, 0.2) is 0 Å². The van der Waals surface area contributed by atoms with Gasteiger partial charge in [-0.2, -0.15) is 0 Å². The molecular formula is C13H26N2O3. The summed E-state index contributed by atoms with van der Waals surface area (Å²) in [5.41, 5.74) is 0. The number of rotatable bonds is 5. The van der Waals surface area contributed by atoms with Crippen LogP contribution >= 0.6 is 0 Å². The van der Waals surface area contributed by atoms with Gasteiger partial charge in [0.2, 0.25) is 0 Å². The zero-order valence-electron chi connectivity index (χ0n) is 11.1. The number of hydrogen-bond donors (Lipinski definition) is 4. The smallest absolute Gasteiger partial charge is 0.108 e. The van der Waals surface area contributed by atoms with Crippen molar-refractivity contribution in [1.29, 1.82) is 0 Å². The lowest BCUT2D eigenvalue weighted by atomic mass is 9.95. The Labute approximate surface area is 109 Å². The van der Waals surface area contributed by atoms with Crippen LogP contribution in [0.4, 0.5) is 0 Å². The van der Waals surface area contributed by atoms with Gasteiger partial charge in [0.25, 0.3) is 0 Å². The molecule has 0 amide bonds. The molecule has 0 aromatic rings. The van der Waals surface area contributed by atoms with Crippen molar-refractivity contribution < 1.29 is 14.9 Å². The Morgan fingerprint density at radius 2 is 1.89 bits per heavy atom. The Bertz CT molecular complexity index is 246. The Morgan fingerprint density at radius 3 is 2.50 bits per heavy atom. The van der Waals surface area contributed by atoms with E-state index in [-0.39, 0.29) is 18.8 Å². The highest BCUT2D eigenvalue weighted by atomic mass is 16.5. The molecular weight excluding hydrogens is 232 g/mol. The van der Waals surface area contributed by atoms with E-state index in [4.69, 9.17) is 9.84 Å². The van der Waals surface area contributed by atoms with Gasteiger partial charge in [0.1, 0.15) is 12.2 Å². The monoisotopic (exact) mass is 258 g/mol. The third-order valence-corrected chi connectivity index (χ3v) is 4.23. The largest absolute Gasteiger partial charge is 0.394 e. The molecule has 5 heteroatoms. The van der Waals surface area contributed by atoms with Crippen molar-refractivity contribution in [3.05, 3.63) is 0 Å². The third kappa shape index (κ3) is 3.22. The molecule has 0 bridgehead atoms. The predicted molar refractivity (Wildman–Crippen MR) is 69.5 cm³/mol.